The lowest BCUT2D eigenvalue weighted by atomic mass is 10.4. The van der Waals surface area contributed by atoms with Gasteiger partial charge in [0, 0.05) is 4.48 Å². The van der Waals surface area contributed by atoms with Crippen LogP contribution in [0, 0.1) is 0 Å². The molecule has 0 saturated heterocycles. The molecule has 0 bridgehead atoms. The van der Waals surface area contributed by atoms with E-state index in [0.717, 1.165) is 6.08 Å². The number of hydrogen-bond donors (Lipinski definition) is 0. The van der Waals surface area contributed by atoms with Crippen LogP contribution in [-0.4, -0.2) is 0 Å². The molecule has 0 unspecified atom stereocenters. The number of allylic oxidation sites excluding steroid dienone is 4. The van der Waals surface area contributed by atoms with Crippen molar-refractivity contribution >= 4 is 15.9 Å². The first-order chi connectivity index (χ1) is 4.09. The van der Waals surface area contributed by atoms with Crippen LogP contribution in [0.2, 0.25) is 0 Å². The molecule has 0 amide bonds. The molecule has 0 aromatic rings. The van der Waals surface area contributed by atoms with E-state index in [0.29, 0.717) is 0 Å². The highest BCUT2D eigenvalue weighted by Crippen LogP contribution is 2.20. The Morgan fingerprint density at radius 3 is 2.00 bits per heavy atom. The lowest BCUT2D eigenvalue weighted by Crippen LogP contribution is -1.73. The molecule has 0 rings (SSSR count). The van der Waals surface area contributed by atoms with Gasteiger partial charge in [-0.3, -0.25) is 0 Å². The van der Waals surface area contributed by atoms with E-state index in [4.69, 9.17) is 0 Å². The summed E-state index contributed by atoms with van der Waals surface area (Å²) in [4.78, 5) is 0. The van der Waals surface area contributed by atoms with E-state index < -0.39 is 11.7 Å². The third-order valence-electron chi connectivity index (χ3n) is 0.627. The van der Waals surface area contributed by atoms with Crippen LogP contribution >= 0.6 is 15.9 Å². The van der Waals surface area contributed by atoms with Gasteiger partial charge in [0.05, 0.1) is 0 Å². The molecular formula is C6H5BrF2. The van der Waals surface area contributed by atoms with Crippen molar-refractivity contribution in [2.45, 2.75) is 0 Å². The summed E-state index contributed by atoms with van der Waals surface area (Å²) < 4.78 is 24.2. The molecule has 0 aromatic carbocycles. The van der Waals surface area contributed by atoms with Gasteiger partial charge in [0.25, 0.3) is 0 Å². The fourth-order valence-corrected chi connectivity index (χ4v) is 0.409. The van der Waals surface area contributed by atoms with Crippen LogP contribution in [0.3, 0.4) is 0 Å². The van der Waals surface area contributed by atoms with Gasteiger partial charge >= 0.3 is 0 Å². The van der Waals surface area contributed by atoms with Crippen molar-refractivity contribution in [1.29, 1.82) is 0 Å². The predicted molar refractivity (Wildman–Crippen MR) is 37.5 cm³/mol. The Morgan fingerprint density at radius 2 is 1.89 bits per heavy atom. The fourth-order valence-electron chi connectivity index (χ4n) is 0.219. The molecule has 0 atom stereocenters. The second-order valence-electron chi connectivity index (χ2n) is 1.27. The second kappa shape index (κ2) is 3.56. The van der Waals surface area contributed by atoms with Gasteiger partial charge in [0.15, 0.2) is 11.7 Å². The lowest BCUT2D eigenvalue weighted by molar-refractivity contribution is 0.572. The van der Waals surface area contributed by atoms with Gasteiger partial charge in [-0.2, -0.15) is 0 Å². The van der Waals surface area contributed by atoms with E-state index in [1.54, 1.807) is 0 Å². The molecule has 0 aliphatic heterocycles. The van der Waals surface area contributed by atoms with Crippen LogP contribution in [-0.2, 0) is 0 Å². The predicted octanol–water partition coefficient (Wildman–Crippen LogP) is 3.23. The Hall–Kier alpha value is -0.440. The minimum absolute atomic E-state index is 0.111. The van der Waals surface area contributed by atoms with Gasteiger partial charge in [0.2, 0.25) is 0 Å². The third-order valence-corrected chi connectivity index (χ3v) is 0.975. The summed E-state index contributed by atoms with van der Waals surface area (Å²) in [6.07, 6.45) is 0.780. The van der Waals surface area contributed by atoms with E-state index in [2.05, 4.69) is 29.1 Å². The zero-order chi connectivity index (χ0) is 7.44. The molecule has 3 heteroatoms. The average Bonchev–Trinajstić information content (AvgIpc) is 1.84. The molecule has 0 fully saturated rings. The minimum atomic E-state index is -1.01. The summed E-state index contributed by atoms with van der Waals surface area (Å²) >= 11 is 2.67. The average molecular weight is 195 g/mol. The van der Waals surface area contributed by atoms with Gasteiger partial charge in [-0.25, -0.2) is 8.78 Å². The zero-order valence-electron chi connectivity index (χ0n) is 4.63. The summed E-state index contributed by atoms with van der Waals surface area (Å²) in [5, 5.41) is 0. The number of hydrogen-bond acceptors (Lipinski definition) is 0. The van der Waals surface area contributed by atoms with E-state index >= 15 is 0 Å². The highest BCUT2D eigenvalue weighted by atomic mass is 79.9. The summed E-state index contributed by atoms with van der Waals surface area (Å²) in [7, 11) is 0. The monoisotopic (exact) mass is 194 g/mol. The molecule has 0 heterocycles. The van der Waals surface area contributed by atoms with E-state index in [1.807, 2.05) is 0 Å². The Morgan fingerprint density at radius 1 is 1.44 bits per heavy atom. The maximum absolute atomic E-state index is 12.2. The molecule has 0 saturated carbocycles. The lowest BCUT2D eigenvalue weighted by Gasteiger charge is -1.90. The third kappa shape index (κ3) is 2.56. The van der Waals surface area contributed by atoms with Crippen molar-refractivity contribution in [3.8, 4) is 0 Å². The summed E-state index contributed by atoms with van der Waals surface area (Å²) in [5.74, 6) is -2.01. The van der Waals surface area contributed by atoms with Crippen LogP contribution in [0.25, 0.3) is 0 Å². The fraction of sp³-hybridized carbons (Fsp3) is 0. The number of rotatable bonds is 2. The second-order valence-corrected chi connectivity index (χ2v) is 2.23. The van der Waals surface area contributed by atoms with Crippen LogP contribution in [0.4, 0.5) is 8.78 Å². The quantitative estimate of drug-likeness (QED) is 0.593. The van der Waals surface area contributed by atoms with Gasteiger partial charge < -0.3 is 0 Å². The smallest absolute Gasteiger partial charge is 0.172 e. The molecule has 0 N–H and O–H groups in total. The topological polar surface area (TPSA) is 0 Å². The van der Waals surface area contributed by atoms with Crippen molar-refractivity contribution in [2.24, 2.45) is 0 Å². The van der Waals surface area contributed by atoms with Crippen LogP contribution < -0.4 is 0 Å². The van der Waals surface area contributed by atoms with Crippen LogP contribution in [0.1, 0.15) is 0 Å². The van der Waals surface area contributed by atoms with Crippen molar-refractivity contribution in [3.05, 3.63) is 35.4 Å². The normalized spacial score (nSPS) is 12.3. The Labute approximate surface area is 60.7 Å². The highest BCUT2D eigenvalue weighted by Gasteiger charge is 2.02. The molecule has 0 aliphatic rings. The van der Waals surface area contributed by atoms with Crippen LogP contribution in [0.5, 0.6) is 0 Å². The summed E-state index contributed by atoms with van der Waals surface area (Å²) in [6.45, 7) is 6.15. The Bertz CT molecular complexity index is 170. The standard InChI is InChI=1S/C6H5BrF2/c1-3-5(8)6(9)4(2)7/h3H,1-2H2/b6-5-. The van der Waals surface area contributed by atoms with Gasteiger partial charge in [-0.1, -0.05) is 13.2 Å². The van der Waals surface area contributed by atoms with Crippen LogP contribution in [0.15, 0.2) is 35.4 Å². The van der Waals surface area contributed by atoms with Gasteiger partial charge in [0.1, 0.15) is 0 Å². The van der Waals surface area contributed by atoms with Crippen molar-refractivity contribution in [2.75, 3.05) is 0 Å². The van der Waals surface area contributed by atoms with E-state index in [1.165, 1.54) is 0 Å². The largest absolute Gasteiger partial charge is 0.204 e. The van der Waals surface area contributed by atoms with E-state index in [-0.39, 0.29) is 4.48 Å². The zero-order valence-corrected chi connectivity index (χ0v) is 6.21. The molecule has 0 spiro atoms. The maximum atomic E-state index is 12.2. The molecule has 0 aromatic heterocycles. The van der Waals surface area contributed by atoms with Crippen molar-refractivity contribution in [1.82, 2.24) is 0 Å². The maximum Gasteiger partial charge on any atom is 0.172 e. The van der Waals surface area contributed by atoms with Gasteiger partial charge in [-0.05, 0) is 22.0 Å². The van der Waals surface area contributed by atoms with Crippen molar-refractivity contribution in [3.63, 3.8) is 0 Å². The molecule has 0 radical (unpaired) electrons. The molecular weight excluding hydrogens is 190 g/mol. The van der Waals surface area contributed by atoms with E-state index in [9.17, 15) is 8.78 Å². The first-order valence-electron chi connectivity index (χ1n) is 2.12. The summed E-state index contributed by atoms with van der Waals surface area (Å²) in [5.41, 5.74) is 0. The first-order valence-corrected chi connectivity index (χ1v) is 2.91. The SMILES string of the molecule is C=C/C(F)=C(/F)C(=C)Br. The first kappa shape index (κ1) is 8.56. The highest BCUT2D eigenvalue weighted by molar-refractivity contribution is 9.11. The molecule has 50 valence electrons. The summed E-state index contributed by atoms with van der Waals surface area (Å²) in [6, 6.07) is 0. The molecule has 9 heavy (non-hydrogen) atoms. The molecule has 0 nitrogen and oxygen atoms in total. The Balaban J connectivity index is 4.47. The Kier molecular flexibility index (Phi) is 3.39. The van der Waals surface area contributed by atoms with Gasteiger partial charge in [-0.15, -0.1) is 0 Å². The minimum Gasteiger partial charge on any atom is -0.204 e. The van der Waals surface area contributed by atoms with Crippen molar-refractivity contribution < 1.29 is 8.78 Å². The molecule has 0 aliphatic carbocycles. The number of halogens is 3.